The van der Waals surface area contributed by atoms with Crippen LogP contribution in [0.4, 0.5) is 15.4 Å². The minimum Gasteiger partial charge on any atom is -0.444 e. The van der Waals surface area contributed by atoms with Crippen molar-refractivity contribution < 1.29 is 14.3 Å². The second-order valence-corrected chi connectivity index (χ2v) is 9.43. The van der Waals surface area contributed by atoms with E-state index < -0.39 is 11.7 Å². The molecule has 1 aliphatic heterocycles. The van der Waals surface area contributed by atoms with Crippen molar-refractivity contribution in [3.05, 3.63) is 83.6 Å². The number of anilines is 1. The Balaban J connectivity index is 1.61. The van der Waals surface area contributed by atoms with E-state index in [0.717, 1.165) is 27.8 Å². The molecule has 2 heterocycles. The molecule has 0 spiro atoms. The van der Waals surface area contributed by atoms with Gasteiger partial charge in [-0.25, -0.2) is 14.6 Å². The molecule has 0 atom stereocenters. The number of benzene rings is 2. The summed E-state index contributed by atoms with van der Waals surface area (Å²) in [5, 5.41) is 2.81. The highest BCUT2D eigenvalue weighted by molar-refractivity contribution is 5.95. The molecule has 176 valence electrons. The van der Waals surface area contributed by atoms with Gasteiger partial charge in [0.15, 0.2) is 0 Å². The SMILES string of the molecule is CN1Cc2c(-c3cccc(CNC(=O)OC(C)(C)C)c3)ccnc2N(Cc2ccccc2)C1=O. The number of nitrogens with one attached hydrogen (secondary N) is 1. The van der Waals surface area contributed by atoms with E-state index in [9.17, 15) is 9.59 Å². The summed E-state index contributed by atoms with van der Waals surface area (Å²) in [4.78, 5) is 33.1. The summed E-state index contributed by atoms with van der Waals surface area (Å²) in [6.07, 6.45) is 1.30. The maximum Gasteiger partial charge on any atom is 0.407 e. The van der Waals surface area contributed by atoms with Crippen LogP contribution < -0.4 is 10.2 Å². The molecule has 3 aromatic rings. The van der Waals surface area contributed by atoms with Crippen LogP contribution in [-0.4, -0.2) is 34.7 Å². The number of fused-ring (bicyclic) bond motifs is 1. The molecule has 7 nitrogen and oxygen atoms in total. The first kappa shape index (κ1) is 23.3. The zero-order valence-electron chi connectivity index (χ0n) is 20.0. The fourth-order valence-corrected chi connectivity index (χ4v) is 3.99. The van der Waals surface area contributed by atoms with Crippen LogP contribution in [0, 0.1) is 0 Å². The highest BCUT2D eigenvalue weighted by Crippen LogP contribution is 2.35. The first-order valence-corrected chi connectivity index (χ1v) is 11.3. The standard InChI is InChI=1S/C27H30N4O3/c1-27(2,3)34-25(32)29-16-20-11-8-12-21(15-20)22-13-14-28-24-23(22)18-30(4)26(33)31(24)17-19-9-6-5-7-10-19/h5-15H,16-18H2,1-4H3,(H,29,32). The van der Waals surface area contributed by atoms with E-state index in [-0.39, 0.29) is 6.03 Å². The number of ether oxygens (including phenoxy) is 1. The van der Waals surface area contributed by atoms with Crippen LogP contribution in [0.2, 0.25) is 0 Å². The van der Waals surface area contributed by atoms with E-state index in [2.05, 4.69) is 10.3 Å². The molecule has 4 rings (SSSR count). The molecule has 0 radical (unpaired) electrons. The smallest absolute Gasteiger partial charge is 0.407 e. The Bertz CT molecular complexity index is 1190. The lowest BCUT2D eigenvalue weighted by Gasteiger charge is -2.35. The van der Waals surface area contributed by atoms with Crippen molar-refractivity contribution >= 4 is 17.9 Å². The van der Waals surface area contributed by atoms with Gasteiger partial charge in [0.25, 0.3) is 0 Å². The molecule has 1 N–H and O–H groups in total. The lowest BCUT2D eigenvalue weighted by molar-refractivity contribution is 0.0523. The molecular formula is C27H30N4O3. The third-order valence-electron chi connectivity index (χ3n) is 5.50. The number of hydrogen-bond donors (Lipinski definition) is 1. The van der Waals surface area contributed by atoms with Gasteiger partial charge in [0.1, 0.15) is 11.4 Å². The number of rotatable bonds is 5. The zero-order valence-corrected chi connectivity index (χ0v) is 20.0. The lowest BCUT2D eigenvalue weighted by Crippen LogP contribution is -2.45. The predicted octanol–water partition coefficient (Wildman–Crippen LogP) is 5.35. The summed E-state index contributed by atoms with van der Waals surface area (Å²) in [5.74, 6) is 0.682. The van der Waals surface area contributed by atoms with E-state index in [0.29, 0.717) is 25.5 Å². The monoisotopic (exact) mass is 458 g/mol. The van der Waals surface area contributed by atoms with E-state index in [1.807, 2.05) is 81.4 Å². The normalized spacial score (nSPS) is 13.5. The largest absolute Gasteiger partial charge is 0.444 e. The van der Waals surface area contributed by atoms with Crippen LogP contribution in [0.15, 0.2) is 66.9 Å². The number of urea groups is 1. The third kappa shape index (κ3) is 5.36. The average molecular weight is 459 g/mol. The maximum atomic E-state index is 13.0. The Kier molecular flexibility index (Phi) is 6.54. The lowest BCUT2D eigenvalue weighted by atomic mass is 9.97. The summed E-state index contributed by atoms with van der Waals surface area (Å²) < 4.78 is 5.33. The van der Waals surface area contributed by atoms with E-state index in [1.54, 1.807) is 23.0 Å². The highest BCUT2D eigenvalue weighted by atomic mass is 16.6. The molecule has 0 unspecified atom stereocenters. The predicted molar refractivity (Wildman–Crippen MR) is 132 cm³/mol. The van der Waals surface area contributed by atoms with Crippen molar-refractivity contribution in [3.63, 3.8) is 0 Å². The van der Waals surface area contributed by atoms with Gasteiger partial charge in [-0.1, -0.05) is 48.5 Å². The molecule has 1 aliphatic rings. The Labute approximate surface area is 200 Å². The van der Waals surface area contributed by atoms with Gasteiger partial charge in [-0.15, -0.1) is 0 Å². The van der Waals surface area contributed by atoms with Gasteiger partial charge in [-0.2, -0.15) is 0 Å². The number of alkyl carbamates (subject to hydrolysis) is 1. The number of amides is 3. The first-order valence-electron chi connectivity index (χ1n) is 11.3. The summed E-state index contributed by atoms with van der Waals surface area (Å²) in [6, 6.07) is 19.8. The second kappa shape index (κ2) is 9.55. The highest BCUT2D eigenvalue weighted by Gasteiger charge is 2.31. The van der Waals surface area contributed by atoms with Crippen molar-refractivity contribution in [2.24, 2.45) is 0 Å². The molecule has 0 aliphatic carbocycles. The van der Waals surface area contributed by atoms with Crippen LogP contribution in [0.5, 0.6) is 0 Å². The number of carbonyl (C=O) groups is 2. The van der Waals surface area contributed by atoms with Gasteiger partial charge < -0.3 is 15.0 Å². The van der Waals surface area contributed by atoms with Gasteiger partial charge >= 0.3 is 12.1 Å². The topological polar surface area (TPSA) is 74.8 Å². The molecule has 3 amide bonds. The molecule has 34 heavy (non-hydrogen) atoms. The number of hydrogen-bond acceptors (Lipinski definition) is 4. The maximum absolute atomic E-state index is 13.0. The Hall–Kier alpha value is -3.87. The Morgan fingerprint density at radius 3 is 2.53 bits per heavy atom. The summed E-state index contributed by atoms with van der Waals surface area (Å²) in [5.41, 5.74) is 4.47. The van der Waals surface area contributed by atoms with E-state index in [1.165, 1.54) is 0 Å². The van der Waals surface area contributed by atoms with Crippen LogP contribution in [0.3, 0.4) is 0 Å². The minimum absolute atomic E-state index is 0.0729. The van der Waals surface area contributed by atoms with Gasteiger partial charge in [-0.3, -0.25) is 4.90 Å². The number of aromatic nitrogens is 1. The van der Waals surface area contributed by atoms with Gasteiger partial charge in [0, 0.05) is 25.4 Å². The molecule has 0 saturated carbocycles. The number of pyridine rings is 1. The van der Waals surface area contributed by atoms with Crippen molar-refractivity contribution in [2.45, 2.75) is 46.0 Å². The van der Waals surface area contributed by atoms with Gasteiger partial charge in [0.2, 0.25) is 0 Å². The molecular weight excluding hydrogens is 428 g/mol. The quantitative estimate of drug-likeness (QED) is 0.560. The average Bonchev–Trinajstić information content (AvgIpc) is 2.80. The zero-order chi connectivity index (χ0) is 24.3. The first-order chi connectivity index (χ1) is 16.2. The van der Waals surface area contributed by atoms with Crippen molar-refractivity contribution in [1.29, 1.82) is 0 Å². The fourth-order valence-electron chi connectivity index (χ4n) is 3.99. The Morgan fingerprint density at radius 1 is 1.06 bits per heavy atom. The molecule has 0 saturated heterocycles. The Morgan fingerprint density at radius 2 is 1.79 bits per heavy atom. The van der Waals surface area contributed by atoms with Crippen molar-refractivity contribution in [3.8, 4) is 11.1 Å². The number of carbonyl (C=O) groups excluding carboxylic acids is 2. The van der Waals surface area contributed by atoms with Gasteiger partial charge in [0.05, 0.1) is 13.1 Å². The van der Waals surface area contributed by atoms with Crippen LogP contribution >= 0.6 is 0 Å². The summed E-state index contributed by atoms with van der Waals surface area (Å²) >= 11 is 0. The van der Waals surface area contributed by atoms with Crippen molar-refractivity contribution in [2.75, 3.05) is 11.9 Å². The minimum atomic E-state index is -0.545. The molecule has 1 aromatic heterocycles. The fraction of sp³-hybridized carbons (Fsp3) is 0.296. The van der Waals surface area contributed by atoms with Crippen molar-refractivity contribution in [1.82, 2.24) is 15.2 Å². The van der Waals surface area contributed by atoms with E-state index in [4.69, 9.17) is 4.74 Å². The number of nitrogens with zero attached hydrogens (tertiary/aromatic N) is 3. The summed E-state index contributed by atoms with van der Waals surface area (Å²) in [6.45, 7) is 6.79. The molecule has 2 aromatic carbocycles. The van der Waals surface area contributed by atoms with Crippen LogP contribution in [0.1, 0.15) is 37.5 Å². The van der Waals surface area contributed by atoms with Gasteiger partial charge in [-0.05, 0) is 55.2 Å². The summed E-state index contributed by atoms with van der Waals surface area (Å²) in [7, 11) is 1.81. The molecule has 7 heteroatoms. The molecule has 0 fully saturated rings. The third-order valence-corrected chi connectivity index (χ3v) is 5.50. The molecule has 0 bridgehead atoms. The van der Waals surface area contributed by atoms with E-state index >= 15 is 0 Å². The second-order valence-electron chi connectivity index (χ2n) is 9.43. The van der Waals surface area contributed by atoms with Crippen LogP contribution in [-0.2, 0) is 24.4 Å². The van der Waals surface area contributed by atoms with Crippen LogP contribution in [0.25, 0.3) is 11.1 Å².